The fourth-order valence-electron chi connectivity index (χ4n) is 3.19. The van der Waals surface area contributed by atoms with Crippen molar-refractivity contribution in [2.45, 2.75) is 44.8 Å². The molecular weight excluding hydrogens is 262 g/mol. The monoisotopic (exact) mass is 285 g/mol. The third-order valence-corrected chi connectivity index (χ3v) is 4.43. The van der Waals surface area contributed by atoms with Gasteiger partial charge in [-0.15, -0.1) is 0 Å². The molecule has 3 rings (SSSR count). The molecule has 0 amide bonds. The number of hydrogen-bond donors (Lipinski definition) is 1. The highest BCUT2D eigenvalue weighted by Gasteiger charge is 2.27. The van der Waals surface area contributed by atoms with Gasteiger partial charge in [0.1, 0.15) is 5.69 Å². The Morgan fingerprint density at radius 1 is 1.29 bits per heavy atom. The van der Waals surface area contributed by atoms with Crippen LogP contribution >= 0.6 is 0 Å². The van der Waals surface area contributed by atoms with Crippen LogP contribution in [-0.4, -0.2) is 28.7 Å². The summed E-state index contributed by atoms with van der Waals surface area (Å²) in [5.74, 6) is 0.918. The molecule has 21 heavy (non-hydrogen) atoms. The van der Waals surface area contributed by atoms with E-state index in [1.54, 1.807) is 0 Å². The molecule has 1 aliphatic heterocycles. The molecule has 0 radical (unpaired) electrons. The highest BCUT2D eigenvalue weighted by Crippen LogP contribution is 2.26. The van der Waals surface area contributed by atoms with Crippen molar-refractivity contribution in [1.29, 1.82) is 0 Å². The molecule has 2 atom stereocenters. The summed E-state index contributed by atoms with van der Waals surface area (Å²) in [6.07, 6.45) is 3.68. The minimum Gasteiger partial charge on any atom is -0.359 e. The second kappa shape index (κ2) is 6.41. The summed E-state index contributed by atoms with van der Waals surface area (Å²) >= 11 is 0. The Balaban J connectivity index is 1.74. The van der Waals surface area contributed by atoms with Crippen molar-refractivity contribution in [3.8, 4) is 11.3 Å². The Morgan fingerprint density at radius 3 is 2.86 bits per heavy atom. The lowest BCUT2D eigenvalue weighted by atomic mass is 9.96. The van der Waals surface area contributed by atoms with Gasteiger partial charge in [-0.05, 0) is 19.8 Å². The van der Waals surface area contributed by atoms with Crippen molar-refractivity contribution in [3.05, 3.63) is 42.2 Å². The van der Waals surface area contributed by atoms with Gasteiger partial charge in [0.05, 0.1) is 6.54 Å². The van der Waals surface area contributed by atoms with Crippen LogP contribution in [0.4, 0.5) is 0 Å². The van der Waals surface area contributed by atoms with Crippen molar-refractivity contribution in [3.63, 3.8) is 0 Å². The van der Waals surface area contributed by atoms with Gasteiger partial charge in [0, 0.05) is 30.3 Å². The average molecular weight is 285 g/mol. The summed E-state index contributed by atoms with van der Waals surface area (Å²) in [4.78, 5) is 2.46. The first-order valence-electron chi connectivity index (χ1n) is 7.74. The topological polar surface area (TPSA) is 55.3 Å². The quantitative estimate of drug-likeness (QED) is 0.938. The number of rotatable bonds is 4. The maximum Gasteiger partial charge on any atom is 0.151 e. The van der Waals surface area contributed by atoms with E-state index in [9.17, 15) is 0 Å². The molecule has 1 fully saturated rings. The molecule has 1 aliphatic rings. The molecule has 4 heteroatoms. The van der Waals surface area contributed by atoms with E-state index in [2.05, 4.69) is 17.0 Å². The van der Waals surface area contributed by atoms with Crippen molar-refractivity contribution in [1.82, 2.24) is 10.1 Å². The molecule has 2 heterocycles. The van der Waals surface area contributed by atoms with E-state index in [1.165, 1.54) is 19.3 Å². The third-order valence-electron chi connectivity index (χ3n) is 4.43. The van der Waals surface area contributed by atoms with Gasteiger partial charge in [-0.2, -0.15) is 0 Å². The number of nitrogens with two attached hydrogens (primary N) is 1. The Morgan fingerprint density at radius 2 is 2.10 bits per heavy atom. The molecule has 2 unspecified atom stereocenters. The van der Waals surface area contributed by atoms with E-state index in [4.69, 9.17) is 10.3 Å². The van der Waals surface area contributed by atoms with Crippen LogP contribution in [0.5, 0.6) is 0 Å². The van der Waals surface area contributed by atoms with Crippen molar-refractivity contribution in [2.24, 2.45) is 5.73 Å². The van der Waals surface area contributed by atoms with Crippen LogP contribution in [0.1, 0.15) is 31.9 Å². The SMILES string of the molecule is CC1CCCC(CN)N1Cc1cc(-c2ccccc2)no1. The van der Waals surface area contributed by atoms with E-state index >= 15 is 0 Å². The molecule has 1 aromatic carbocycles. The van der Waals surface area contributed by atoms with E-state index < -0.39 is 0 Å². The molecule has 0 bridgehead atoms. The molecular formula is C17H23N3O. The number of piperidine rings is 1. The molecule has 1 aromatic heterocycles. The smallest absolute Gasteiger partial charge is 0.151 e. The highest BCUT2D eigenvalue weighted by atomic mass is 16.5. The van der Waals surface area contributed by atoms with Gasteiger partial charge in [-0.1, -0.05) is 41.9 Å². The van der Waals surface area contributed by atoms with Crippen LogP contribution in [0, 0.1) is 0 Å². The van der Waals surface area contributed by atoms with Crippen LogP contribution < -0.4 is 5.73 Å². The van der Waals surface area contributed by atoms with Crippen LogP contribution in [-0.2, 0) is 6.54 Å². The summed E-state index contributed by atoms with van der Waals surface area (Å²) in [7, 11) is 0. The Kier molecular flexibility index (Phi) is 4.36. The zero-order chi connectivity index (χ0) is 14.7. The molecule has 1 saturated heterocycles. The Labute approximate surface area is 125 Å². The van der Waals surface area contributed by atoms with Gasteiger partial charge < -0.3 is 10.3 Å². The second-order valence-corrected chi connectivity index (χ2v) is 5.89. The largest absolute Gasteiger partial charge is 0.359 e. The van der Waals surface area contributed by atoms with Gasteiger partial charge in [0.25, 0.3) is 0 Å². The second-order valence-electron chi connectivity index (χ2n) is 5.89. The number of likely N-dealkylation sites (tertiary alicyclic amines) is 1. The Bertz CT molecular complexity index is 566. The maximum absolute atomic E-state index is 5.92. The molecule has 2 N–H and O–H groups in total. The minimum atomic E-state index is 0.457. The molecule has 0 spiro atoms. The summed E-state index contributed by atoms with van der Waals surface area (Å²) in [5, 5.41) is 4.19. The van der Waals surface area contributed by atoms with Crippen molar-refractivity contribution >= 4 is 0 Å². The van der Waals surface area contributed by atoms with E-state index in [0.717, 1.165) is 23.6 Å². The van der Waals surface area contributed by atoms with Gasteiger partial charge in [-0.3, -0.25) is 4.90 Å². The lowest BCUT2D eigenvalue weighted by Gasteiger charge is -2.39. The molecule has 2 aromatic rings. The fourth-order valence-corrected chi connectivity index (χ4v) is 3.19. The normalized spacial score (nSPS) is 23.3. The number of nitrogens with zero attached hydrogens (tertiary/aromatic N) is 2. The lowest BCUT2D eigenvalue weighted by molar-refractivity contribution is 0.0790. The molecule has 0 aliphatic carbocycles. The lowest BCUT2D eigenvalue weighted by Crippen LogP contribution is -2.48. The zero-order valence-electron chi connectivity index (χ0n) is 12.5. The molecule has 4 nitrogen and oxygen atoms in total. The van der Waals surface area contributed by atoms with Crippen LogP contribution in [0.2, 0.25) is 0 Å². The Hall–Kier alpha value is -1.65. The van der Waals surface area contributed by atoms with Crippen molar-refractivity contribution < 1.29 is 4.52 Å². The van der Waals surface area contributed by atoms with E-state index in [-0.39, 0.29) is 0 Å². The third kappa shape index (κ3) is 3.17. The van der Waals surface area contributed by atoms with Gasteiger partial charge in [-0.25, -0.2) is 0 Å². The predicted octanol–water partition coefficient (Wildman–Crippen LogP) is 3.04. The summed E-state index contributed by atoms with van der Waals surface area (Å²) in [6.45, 7) is 3.78. The number of hydrogen-bond acceptors (Lipinski definition) is 4. The minimum absolute atomic E-state index is 0.457. The van der Waals surface area contributed by atoms with Crippen LogP contribution in [0.3, 0.4) is 0 Å². The fraction of sp³-hybridized carbons (Fsp3) is 0.471. The summed E-state index contributed by atoms with van der Waals surface area (Å²) < 4.78 is 5.53. The van der Waals surface area contributed by atoms with E-state index in [0.29, 0.717) is 18.6 Å². The summed E-state index contributed by atoms with van der Waals surface area (Å²) in [5.41, 5.74) is 7.91. The first kappa shape index (κ1) is 14.3. The number of aromatic nitrogens is 1. The number of benzene rings is 1. The van der Waals surface area contributed by atoms with Gasteiger partial charge in [0.2, 0.25) is 0 Å². The van der Waals surface area contributed by atoms with Crippen LogP contribution in [0.15, 0.2) is 40.9 Å². The molecule has 112 valence electrons. The van der Waals surface area contributed by atoms with Gasteiger partial charge >= 0.3 is 0 Å². The van der Waals surface area contributed by atoms with Gasteiger partial charge in [0.15, 0.2) is 5.76 Å². The van der Waals surface area contributed by atoms with E-state index in [1.807, 2.05) is 36.4 Å². The first-order valence-corrected chi connectivity index (χ1v) is 7.74. The standard InChI is InChI=1S/C17H23N3O/c1-13-6-5-9-15(11-18)20(13)12-16-10-17(19-21-16)14-7-3-2-4-8-14/h2-4,7-8,10,13,15H,5-6,9,11-12,18H2,1H3. The summed E-state index contributed by atoms with van der Waals surface area (Å²) in [6, 6.07) is 13.2. The molecule has 0 saturated carbocycles. The first-order chi connectivity index (χ1) is 10.3. The maximum atomic E-state index is 5.92. The average Bonchev–Trinajstić information content (AvgIpc) is 2.99. The van der Waals surface area contributed by atoms with Crippen LogP contribution in [0.25, 0.3) is 11.3 Å². The zero-order valence-corrected chi connectivity index (χ0v) is 12.5. The predicted molar refractivity (Wildman–Crippen MR) is 83.6 cm³/mol. The highest BCUT2D eigenvalue weighted by molar-refractivity contribution is 5.58. The van der Waals surface area contributed by atoms with Crippen molar-refractivity contribution in [2.75, 3.05) is 6.54 Å².